The van der Waals surface area contributed by atoms with Crippen molar-refractivity contribution < 1.29 is 18.3 Å². The third-order valence-corrected chi connectivity index (χ3v) is 4.29. The van der Waals surface area contributed by atoms with Crippen molar-refractivity contribution in [3.05, 3.63) is 16.3 Å². The summed E-state index contributed by atoms with van der Waals surface area (Å²) in [5.41, 5.74) is 0. The van der Waals surface area contributed by atoms with Crippen molar-refractivity contribution in [3.63, 3.8) is 0 Å². The number of hydrogen-bond donors (Lipinski definition) is 2. The predicted octanol–water partition coefficient (Wildman–Crippen LogP) is 1.38. The molecular formula is C9H13NO4S2. The third kappa shape index (κ3) is 3.03. The first-order valence-electron chi connectivity index (χ1n) is 4.65. The molecule has 0 radical (unpaired) electrons. The number of carboxylic acids is 1. The van der Waals surface area contributed by atoms with E-state index in [0.29, 0.717) is 0 Å². The van der Waals surface area contributed by atoms with Crippen molar-refractivity contribution in [3.8, 4) is 0 Å². The van der Waals surface area contributed by atoms with Crippen LogP contribution in [0.3, 0.4) is 0 Å². The Morgan fingerprint density at radius 2 is 2.19 bits per heavy atom. The summed E-state index contributed by atoms with van der Waals surface area (Å²) in [4.78, 5) is 10.5. The SMILES string of the molecule is CC(C)CNS(=O)(=O)c1ccsc1C(=O)O. The van der Waals surface area contributed by atoms with E-state index in [1.165, 1.54) is 11.4 Å². The standard InChI is InChI=1S/C9H13NO4S2/c1-6(2)5-10-16(13,14)7-3-4-15-8(7)9(11)12/h3-4,6,10H,5H2,1-2H3,(H,11,12). The summed E-state index contributed by atoms with van der Waals surface area (Å²) in [7, 11) is -3.71. The normalized spacial score (nSPS) is 11.9. The van der Waals surface area contributed by atoms with E-state index < -0.39 is 16.0 Å². The van der Waals surface area contributed by atoms with Gasteiger partial charge >= 0.3 is 5.97 Å². The van der Waals surface area contributed by atoms with E-state index in [4.69, 9.17) is 5.11 Å². The molecule has 0 spiro atoms. The number of nitrogens with one attached hydrogen (secondary N) is 1. The number of carboxylic acid groups (broad SMARTS) is 1. The molecular weight excluding hydrogens is 250 g/mol. The van der Waals surface area contributed by atoms with Gasteiger partial charge in [-0.05, 0) is 17.4 Å². The van der Waals surface area contributed by atoms with Gasteiger partial charge in [0.25, 0.3) is 0 Å². The fourth-order valence-electron chi connectivity index (χ4n) is 1.02. The minimum atomic E-state index is -3.71. The molecule has 1 aromatic heterocycles. The monoisotopic (exact) mass is 263 g/mol. The summed E-state index contributed by atoms with van der Waals surface area (Å²) >= 11 is 0.900. The van der Waals surface area contributed by atoms with Crippen LogP contribution < -0.4 is 4.72 Å². The van der Waals surface area contributed by atoms with E-state index in [-0.39, 0.29) is 22.2 Å². The predicted molar refractivity (Wildman–Crippen MR) is 61.3 cm³/mol. The van der Waals surface area contributed by atoms with Crippen LogP contribution >= 0.6 is 11.3 Å². The number of carbonyl (C=O) groups is 1. The van der Waals surface area contributed by atoms with E-state index >= 15 is 0 Å². The lowest BCUT2D eigenvalue weighted by Gasteiger charge is -2.08. The lowest BCUT2D eigenvalue weighted by Crippen LogP contribution is -2.28. The second-order valence-corrected chi connectivity index (χ2v) is 6.32. The average Bonchev–Trinajstić information content (AvgIpc) is 2.63. The van der Waals surface area contributed by atoms with Crippen LogP contribution in [0, 0.1) is 5.92 Å². The van der Waals surface area contributed by atoms with Crippen molar-refractivity contribution in [2.75, 3.05) is 6.54 Å². The summed E-state index contributed by atoms with van der Waals surface area (Å²) in [6.07, 6.45) is 0. The lowest BCUT2D eigenvalue weighted by molar-refractivity contribution is 0.0698. The van der Waals surface area contributed by atoms with E-state index in [1.807, 2.05) is 13.8 Å². The Labute approximate surface area is 98.2 Å². The molecule has 1 rings (SSSR count). The minimum absolute atomic E-state index is 0.156. The first kappa shape index (κ1) is 13.1. The van der Waals surface area contributed by atoms with Gasteiger partial charge in [-0.1, -0.05) is 13.8 Å². The van der Waals surface area contributed by atoms with Crippen LogP contribution in [-0.2, 0) is 10.0 Å². The summed E-state index contributed by atoms with van der Waals surface area (Å²) in [5.74, 6) is -1.05. The third-order valence-electron chi connectivity index (χ3n) is 1.79. The zero-order valence-electron chi connectivity index (χ0n) is 8.93. The van der Waals surface area contributed by atoms with Gasteiger partial charge in [0, 0.05) is 6.54 Å². The van der Waals surface area contributed by atoms with Gasteiger partial charge in [0.15, 0.2) is 0 Å². The average molecular weight is 263 g/mol. The fraction of sp³-hybridized carbons (Fsp3) is 0.444. The van der Waals surface area contributed by atoms with Gasteiger partial charge in [0.2, 0.25) is 10.0 Å². The van der Waals surface area contributed by atoms with Crippen molar-refractivity contribution in [1.29, 1.82) is 0 Å². The van der Waals surface area contributed by atoms with E-state index in [2.05, 4.69) is 4.72 Å². The van der Waals surface area contributed by atoms with Gasteiger partial charge in [0.1, 0.15) is 9.77 Å². The zero-order chi connectivity index (χ0) is 12.3. The summed E-state index contributed by atoms with van der Waals surface area (Å²) in [6.45, 7) is 4.03. The minimum Gasteiger partial charge on any atom is -0.477 e. The fourth-order valence-corrected chi connectivity index (χ4v) is 3.49. The Hall–Kier alpha value is -0.920. The Kier molecular flexibility index (Phi) is 4.06. The Bertz CT molecular complexity index is 475. The van der Waals surface area contributed by atoms with Crippen molar-refractivity contribution in [2.24, 2.45) is 5.92 Å². The second-order valence-electron chi connectivity index (χ2n) is 3.66. The topological polar surface area (TPSA) is 83.5 Å². The van der Waals surface area contributed by atoms with Crippen LogP contribution in [0.15, 0.2) is 16.3 Å². The molecule has 0 aliphatic rings. The first-order chi connectivity index (χ1) is 7.34. The van der Waals surface area contributed by atoms with Gasteiger partial charge < -0.3 is 5.11 Å². The maximum atomic E-state index is 11.8. The number of aromatic carboxylic acids is 1. The van der Waals surface area contributed by atoms with Gasteiger partial charge in [0.05, 0.1) is 0 Å². The molecule has 0 fully saturated rings. The molecule has 0 aromatic carbocycles. The molecule has 90 valence electrons. The molecule has 0 atom stereocenters. The highest BCUT2D eigenvalue weighted by Crippen LogP contribution is 2.21. The second kappa shape index (κ2) is 4.94. The van der Waals surface area contributed by atoms with Gasteiger partial charge in [-0.3, -0.25) is 0 Å². The van der Waals surface area contributed by atoms with Crippen LogP contribution in [0.2, 0.25) is 0 Å². The number of rotatable bonds is 5. The molecule has 5 nitrogen and oxygen atoms in total. The van der Waals surface area contributed by atoms with Gasteiger partial charge in [-0.25, -0.2) is 17.9 Å². The highest BCUT2D eigenvalue weighted by molar-refractivity contribution is 7.89. The molecule has 2 N–H and O–H groups in total. The zero-order valence-corrected chi connectivity index (χ0v) is 10.6. The number of hydrogen-bond acceptors (Lipinski definition) is 4. The van der Waals surface area contributed by atoms with Gasteiger partial charge in [-0.2, -0.15) is 0 Å². The van der Waals surface area contributed by atoms with Gasteiger partial charge in [-0.15, -0.1) is 11.3 Å². The highest BCUT2D eigenvalue weighted by atomic mass is 32.2. The molecule has 16 heavy (non-hydrogen) atoms. The first-order valence-corrected chi connectivity index (χ1v) is 7.01. The molecule has 7 heteroatoms. The largest absolute Gasteiger partial charge is 0.477 e. The van der Waals surface area contributed by atoms with Crippen LogP contribution in [0.5, 0.6) is 0 Å². The number of sulfonamides is 1. The lowest BCUT2D eigenvalue weighted by atomic mass is 10.2. The summed E-state index contributed by atoms with van der Waals surface area (Å²) in [6, 6.07) is 1.30. The molecule has 0 aliphatic carbocycles. The van der Waals surface area contributed by atoms with Crippen LogP contribution in [0.25, 0.3) is 0 Å². The molecule has 1 aromatic rings. The molecule has 0 bridgehead atoms. The van der Waals surface area contributed by atoms with Crippen LogP contribution in [0.1, 0.15) is 23.5 Å². The molecule has 0 aliphatic heterocycles. The molecule has 1 heterocycles. The maximum Gasteiger partial charge on any atom is 0.347 e. The Balaban J connectivity index is 2.99. The quantitative estimate of drug-likeness (QED) is 0.840. The van der Waals surface area contributed by atoms with E-state index in [0.717, 1.165) is 11.3 Å². The van der Waals surface area contributed by atoms with E-state index in [9.17, 15) is 13.2 Å². The van der Waals surface area contributed by atoms with Crippen LogP contribution in [-0.4, -0.2) is 26.0 Å². The van der Waals surface area contributed by atoms with Crippen LogP contribution in [0.4, 0.5) is 0 Å². The molecule has 0 unspecified atom stereocenters. The van der Waals surface area contributed by atoms with E-state index in [1.54, 1.807) is 0 Å². The molecule has 0 amide bonds. The smallest absolute Gasteiger partial charge is 0.347 e. The Morgan fingerprint density at radius 1 is 1.56 bits per heavy atom. The Morgan fingerprint density at radius 3 is 2.69 bits per heavy atom. The maximum absolute atomic E-state index is 11.8. The summed E-state index contributed by atoms with van der Waals surface area (Å²) < 4.78 is 25.9. The van der Waals surface area contributed by atoms with Crippen molar-refractivity contribution >= 4 is 27.3 Å². The van der Waals surface area contributed by atoms with Crippen molar-refractivity contribution in [2.45, 2.75) is 18.7 Å². The highest BCUT2D eigenvalue weighted by Gasteiger charge is 2.23. The van der Waals surface area contributed by atoms with Crippen molar-refractivity contribution in [1.82, 2.24) is 4.72 Å². The molecule has 0 saturated heterocycles. The number of thiophene rings is 1. The molecule has 0 saturated carbocycles. The summed E-state index contributed by atoms with van der Waals surface area (Å²) in [5, 5.41) is 10.3.